The molecule has 1 aromatic rings. The van der Waals surface area contributed by atoms with Crippen LogP contribution >= 0.6 is 15.9 Å². The zero-order valence-electron chi connectivity index (χ0n) is 9.32. The fourth-order valence-electron chi connectivity index (χ4n) is 2.57. The highest BCUT2D eigenvalue weighted by Gasteiger charge is 2.24. The van der Waals surface area contributed by atoms with E-state index in [9.17, 15) is 4.79 Å². The number of carboxylic acids is 1. The molecule has 2 atom stereocenters. The van der Waals surface area contributed by atoms with E-state index in [0.29, 0.717) is 17.7 Å². The smallest absolute Gasteiger partial charge is 0.352 e. The Morgan fingerprint density at radius 3 is 2.94 bits per heavy atom. The van der Waals surface area contributed by atoms with Crippen LogP contribution in [0.3, 0.4) is 0 Å². The summed E-state index contributed by atoms with van der Waals surface area (Å²) in [4.78, 5) is 11.1. The van der Waals surface area contributed by atoms with Gasteiger partial charge >= 0.3 is 5.97 Å². The Labute approximate surface area is 104 Å². The van der Waals surface area contributed by atoms with Gasteiger partial charge < -0.3 is 9.67 Å². The summed E-state index contributed by atoms with van der Waals surface area (Å²) >= 11 is 3.35. The average Bonchev–Trinajstić information content (AvgIpc) is 2.60. The van der Waals surface area contributed by atoms with Crippen molar-refractivity contribution >= 4 is 21.9 Å². The molecular formula is C12H16BrNO2. The van der Waals surface area contributed by atoms with Gasteiger partial charge in [-0.2, -0.15) is 0 Å². The number of carboxylic acid groups (broad SMARTS) is 1. The third-order valence-corrected chi connectivity index (χ3v) is 3.77. The zero-order valence-corrected chi connectivity index (χ0v) is 10.9. The van der Waals surface area contributed by atoms with Crippen LogP contribution in [0.2, 0.25) is 0 Å². The average molecular weight is 286 g/mol. The van der Waals surface area contributed by atoms with Crippen LogP contribution in [0.4, 0.5) is 0 Å². The highest BCUT2D eigenvalue weighted by atomic mass is 79.9. The van der Waals surface area contributed by atoms with E-state index in [-0.39, 0.29) is 0 Å². The van der Waals surface area contributed by atoms with Crippen LogP contribution in [-0.2, 0) is 0 Å². The first kappa shape index (κ1) is 11.7. The van der Waals surface area contributed by atoms with Gasteiger partial charge in [-0.25, -0.2) is 4.79 Å². The van der Waals surface area contributed by atoms with Gasteiger partial charge in [0.05, 0.1) is 0 Å². The second kappa shape index (κ2) is 4.62. The van der Waals surface area contributed by atoms with E-state index in [1.807, 2.05) is 10.8 Å². The van der Waals surface area contributed by atoms with Gasteiger partial charge in [0.15, 0.2) is 0 Å². The van der Waals surface area contributed by atoms with Gasteiger partial charge in [-0.05, 0) is 40.8 Å². The van der Waals surface area contributed by atoms with Crippen molar-refractivity contribution in [3.8, 4) is 0 Å². The topological polar surface area (TPSA) is 42.2 Å². The molecule has 1 saturated carbocycles. The molecule has 2 rings (SSSR count). The van der Waals surface area contributed by atoms with Crippen molar-refractivity contribution in [2.24, 2.45) is 5.92 Å². The minimum atomic E-state index is -0.844. The number of aromatic carboxylic acids is 1. The Morgan fingerprint density at radius 1 is 1.56 bits per heavy atom. The van der Waals surface area contributed by atoms with Crippen molar-refractivity contribution in [3.63, 3.8) is 0 Å². The van der Waals surface area contributed by atoms with Crippen LogP contribution in [0.15, 0.2) is 16.7 Å². The highest BCUT2D eigenvalue weighted by molar-refractivity contribution is 9.10. The molecule has 88 valence electrons. The molecule has 1 heterocycles. The maximum absolute atomic E-state index is 11.1. The molecule has 16 heavy (non-hydrogen) atoms. The molecule has 0 amide bonds. The number of halogens is 1. The van der Waals surface area contributed by atoms with Gasteiger partial charge in [-0.1, -0.05) is 19.8 Å². The number of hydrogen-bond donors (Lipinski definition) is 1. The fourth-order valence-corrected chi connectivity index (χ4v) is 3.01. The molecule has 0 aromatic carbocycles. The molecule has 1 aliphatic rings. The second-order valence-electron chi connectivity index (χ2n) is 4.68. The molecule has 1 aromatic heterocycles. The SMILES string of the molecule is CC1CCCC(n2cc(Br)cc2C(=O)O)C1. The zero-order chi connectivity index (χ0) is 11.7. The maximum Gasteiger partial charge on any atom is 0.352 e. The van der Waals surface area contributed by atoms with Crippen molar-refractivity contribution in [1.82, 2.24) is 4.57 Å². The summed E-state index contributed by atoms with van der Waals surface area (Å²) < 4.78 is 2.77. The summed E-state index contributed by atoms with van der Waals surface area (Å²) in [5.41, 5.74) is 0.394. The van der Waals surface area contributed by atoms with Gasteiger partial charge in [0.1, 0.15) is 5.69 Å². The van der Waals surface area contributed by atoms with E-state index in [2.05, 4.69) is 22.9 Å². The van der Waals surface area contributed by atoms with Crippen molar-refractivity contribution in [1.29, 1.82) is 0 Å². The molecule has 0 spiro atoms. The van der Waals surface area contributed by atoms with Gasteiger partial charge in [-0.3, -0.25) is 0 Å². The van der Waals surface area contributed by atoms with E-state index in [1.54, 1.807) is 6.07 Å². The predicted molar refractivity (Wildman–Crippen MR) is 65.8 cm³/mol. The summed E-state index contributed by atoms with van der Waals surface area (Å²) in [5.74, 6) is -0.148. The Hall–Kier alpha value is -0.770. The molecule has 0 saturated heterocycles. The molecular weight excluding hydrogens is 270 g/mol. The van der Waals surface area contributed by atoms with Gasteiger partial charge in [0.25, 0.3) is 0 Å². The number of aromatic nitrogens is 1. The Balaban J connectivity index is 2.28. The quantitative estimate of drug-likeness (QED) is 0.900. The lowest BCUT2D eigenvalue weighted by atomic mass is 9.87. The van der Waals surface area contributed by atoms with Gasteiger partial charge in [0.2, 0.25) is 0 Å². The second-order valence-corrected chi connectivity index (χ2v) is 5.60. The van der Waals surface area contributed by atoms with Crippen molar-refractivity contribution in [2.75, 3.05) is 0 Å². The minimum absolute atomic E-state index is 0.348. The standard InChI is InChI=1S/C12H16BrNO2/c1-8-3-2-4-10(5-8)14-7-9(13)6-11(14)12(15)16/h6-8,10H,2-5H2,1H3,(H,15,16). The Morgan fingerprint density at radius 2 is 2.31 bits per heavy atom. The summed E-state index contributed by atoms with van der Waals surface area (Å²) in [5, 5.41) is 9.13. The minimum Gasteiger partial charge on any atom is -0.477 e. The lowest BCUT2D eigenvalue weighted by molar-refractivity contribution is 0.0679. The lowest BCUT2D eigenvalue weighted by Gasteiger charge is -2.28. The van der Waals surface area contributed by atoms with Crippen LogP contribution in [-0.4, -0.2) is 15.6 Å². The van der Waals surface area contributed by atoms with E-state index in [4.69, 9.17) is 5.11 Å². The van der Waals surface area contributed by atoms with Crippen molar-refractivity contribution in [2.45, 2.75) is 38.6 Å². The predicted octanol–water partition coefficient (Wildman–Crippen LogP) is 3.70. The first-order chi connectivity index (χ1) is 7.58. The van der Waals surface area contributed by atoms with Crippen LogP contribution in [0, 0.1) is 5.92 Å². The summed E-state index contributed by atoms with van der Waals surface area (Å²) in [6, 6.07) is 2.03. The highest BCUT2D eigenvalue weighted by Crippen LogP contribution is 2.34. The number of hydrogen-bond acceptors (Lipinski definition) is 1. The van der Waals surface area contributed by atoms with Gasteiger partial charge in [0, 0.05) is 16.7 Å². The molecule has 3 nitrogen and oxygen atoms in total. The van der Waals surface area contributed by atoms with Gasteiger partial charge in [-0.15, -0.1) is 0 Å². The monoisotopic (exact) mass is 285 g/mol. The van der Waals surface area contributed by atoms with Crippen molar-refractivity contribution < 1.29 is 9.90 Å². The molecule has 2 unspecified atom stereocenters. The van der Waals surface area contributed by atoms with Crippen LogP contribution in [0.25, 0.3) is 0 Å². The Kier molecular flexibility index (Phi) is 3.38. The van der Waals surface area contributed by atoms with E-state index < -0.39 is 5.97 Å². The normalized spacial score (nSPS) is 25.6. The number of carbonyl (C=O) groups is 1. The number of rotatable bonds is 2. The molecule has 0 bridgehead atoms. The van der Waals surface area contributed by atoms with Crippen molar-refractivity contribution in [3.05, 3.63) is 22.4 Å². The van der Waals surface area contributed by atoms with E-state index in [0.717, 1.165) is 17.3 Å². The fraction of sp³-hybridized carbons (Fsp3) is 0.583. The number of nitrogens with zero attached hydrogens (tertiary/aromatic N) is 1. The molecule has 1 aliphatic carbocycles. The molecule has 1 fully saturated rings. The molecule has 0 radical (unpaired) electrons. The Bertz CT molecular complexity index is 400. The maximum atomic E-state index is 11.1. The summed E-state index contributed by atoms with van der Waals surface area (Å²) in [7, 11) is 0. The molecule has 0 aliphatic heterocycles. The first-order valence-electron chi connectivity index (χ1n) is 5.68. The molecule has 1 N–H and O–H groups in total. The molecule has 4 heteroatoms. The van der Waals surface area contributed by atoms with Crippen LogP contribution < -0.4 is 0 Å². The van der Waals surface area contributed by atoms with Crippen LogP contribution in [0.1, 0.15) is 49.1 Å². The van der Waals surface area contributed by atoms with E-state index >= 15 is 0 Å². The first-order valence-corrected chi connectivity index (χ1v) is 6.48. The third kappa shape index (κ3) is 2.32. The third-order valence-electron chi connectivity index (χ3n) is 3.34. The lowest BCUT2D eigenvalue weighted by Crippen LogP contribution is -2.20. The summed E-state index contributed by atoms with van der Waals surface area (Å²) in [6.07, 6.45) is 6.53. The van der Waals surface area contributed by atoms with Crippen LogP contribution in [0.5, 0.6) is 0 Å². The summed E-state index contributed by atoms with van der Waals surface area (Å²) in [6.45, 7) is 2.24. The largest absolute Gasteiger partial charge is 0.477 e. The van der Waals surface area contributed by atoms with E-state index in [1.165, 1.54) is 12.8 Å².